The van der Waals surface area contributed by atoms with Gasteiger partial charge in [0.25, 0.3) is 0 Å². The molecule has 1 aliphatic rings. The van der Waals surface area contributed by atoms with Gasteiger partial charge in [-0.1, -0.05) is 18.3 Å². The molecule has 0 aliphatic carbocycles. The first-order chi connectivity index (χ1) is 7.40. The van der Waals surface area contributed by atoms with Crippen LogP contribution in [-0.2, 0) is 6.54 Å². The highest BCUT2D eigenvalue weighted by Gasteiger charge is 2.21. The third-order valence-corrected chi connectivity index (χ3v) is 4.96. The highest BCUT2D eigenvalue weighted by molar-refractivity contribution is 7.99. The minimum Gasteiger partial charge on any atom is -0.310 e. The molecular formula is C10H17N3S2. The van der Waals surface area contributed by atoms with E-state index in [0.717, 1.165) is 18.1 Å². The number of aromatic nitrogens is 2. The lowest BCUT2D eigenvalue weighted by Crippen LogP contribution is -2.13. The van der Waals surface area contributed by atoms with Gasteiger partial charge in [0.2, 0.25) is 0 Å². The molecule has 1 aromatic heterocycles. The first-order valence-corrected chi connectivity index (χ1v) is 7.41. The van der Waals surface area contributed by atoms with Gasteiger partial charge in [-0.25, -0.2) is 0 Å². The maximum atomic E-state index is 4.28. The van der Waals surface area contributed by atoms with E-state index in [-0.39, 0.29) is 0 Å². The SMILES string of the molecule is CCCNCc1nnc(C2CCCS2)s1. The van der Waals surface area contributed by atoms with E-state index < -0.39 is 0 Å². The van der Waals surface area contributed by atoms with Crippen LogP contribution in [0.5, 0.6) is 0 Å². The van der Waals surface area contributed by atoms with Crippen LogP contribution in [0.25, 0.3) is 0 Å². The molecule has 5 heteroatoms. The van der Waals surface area contributed by atoms with Crippen molar-refractivity contribution in [2.75, 3.05) is 12.3 Å². The molecule has 1 atom stereocenters. The molecule has 1 aliphatic heterocycles. The van der Waals surface area contributed by atoms with Crippen molar-refractivity contribution in [3.8, 4) is 0 Å². The van der Waals surface area contributed by atoms with Gasteiger partial charge in [0.1, 0.15) is 10.0 Å². The van der Waals surface area contributed by atoms with Crippen molar-refractivity contribution >= 4 is 23.1 Å². The first kappa shape index (κ1) is 11.4. The molecule has 0 aromatic carbocycles. The molecule has 1 unspecified atom stereocenters. The van der Waals surface area contributed by atoms with Gasteiger partial charge in [0, 0.05) is 6.54 Å². The van der Waals surface area contributed by atoms with E-state index in [4.69, 9.17) is 0 Å². The first-order valence-electron chi connectivity index (χ1n) is 5.54. The van der Waals surface area contributed by atoms with Crippen molar-refractivity contribution in [1.82, 2.24) is 15.5 Å². The van der Waals surface area contributed by atoms with Crippen LogP contribution in [0.4, 0.5) is 0 Å². The second kappa shape index (κ2) is 5.82. The Balaban J connectivity index is 1.86. The molecule has 0 amide bonds. The van der Waals surface area contributed by atoms with Crippen molar-refractivity contribution in [1.29, 1.82) is 0 Å². The predicted octanol–water partition coefficient (Wildman–Crippen LogP) is 2.61. The Morgan fingerprint density at radius 3 is 3.13 bits per heavy atom. The Morgan fingerprint density at radius 1 is 1.47 bits per heavy atom. The van der Waals surface area contributed by atoms with Crippen molar-refractivity contribution in [2.45, 2.75) is 38.0 Å². The van der Waals surface area contributed by atoms with Gasteiger partial charge in [-0.05, 0) is 31.6 Å². The van der Waals surface area contributed by atoms with Gasteiger partial charge in [-0.2, -0.15) is 11.8 Å². The quantitative estimate of drug-likeness (QED) is 0.807. The fourth-order valence-electron chi connectivity index (χ4n) is 1.61. The molecule has 1 saturated heterocycles. The fourth-order valence-corrected chi connectivity index (χ4v) is 3.93. The highest BCUT2D eigenvalue weighted by atomic mass is 32.2. The summed E-state index contributed by atoms with van der Waals surface area (Å²) in [5.74, 6) is 1.29. The summed E-state index contributed by atoms with van der Waals surface area (Å²) in [5.41, 5.74) is 0. The van der Waals surface area contributed by atoms with Crippen LogP contribution in [0.3, 0.4) is 0 Å². The van der Waals surface area contributed by atoms with Crippen LogP contribution in [0.15, 0.2) is 0 Å². The summed E-state index contributed by atoms with van der Waals surface area (Å²) in [7, 11) is 0. The summed E-state index contributed by atoms with van der Waals surface area (Å²) in [5, 5.41) is 14.9. The Kier molecular flexibility index (Phi) is 4.41. The summed E-state index contributed by atoms with van der Waals surface area (Å²) < 4.78 is 0. The summed E-state index contributed by atoms with van der Waals surface area (Å²) >= 11 is 3.80. The Labute approximate surface area is 99.1 Å². The fraction of sp³-hybridized carbons (Fsp3) is 0.800. The Hall–Kier alpha value is -0.130. The minimum absolute atomic E-state index is 0.627. The van der Waals surface area contributed by atoms with Crippen LogP contribution in [0.1, 0.15) is 41.5 Å². The average Bonchev–Trinajstić information content (AvgIpc) is 2.87. The zero-order chi connectivity index (χ0) is 10.5. The van der Waals surface area contributed by atoms with Gasteiger partial charge in [-0.3, -0.25) is 0 Å². The van der Waals surface area contributed by atoms with Crippen LogP contribution in [-0.4, -0.2) is 22.5 Å². The molecule has 15 heavy (non-hydrogen) atoms. The molecule has 84 valence electrons. The number of rotatable bonds is 5. The summed E-state index contributed by atoms with van der Waals surface area (Å²) in [4.78, 5) is 0. The molecule has 1 N–H and O–H groups in total. The van der Waals surface area contributed by atoms with E-state index in [1.165, 1.54) is 30.0 Å². The number of hydrogen-bond acceptors (Lipinski definition) is 5. The average molecular weight is 243 g/mol. The lowest BCUT2D eigenvalue weighted by Gasteiger charge is -2.00. The summed E-state index contributed by atoms with van der Waals surface area (Å²) in [6.07, 6.45) is 3.78. The monoisotopic (exact) mass is 243 g/mol. The molecule has 2 rings (SSSR count). The number of nitrogens with zero attached hydrogens (tertiary/aromatic N) is 2. The lowest BCUT2D eigenvalue weighted by molar-refractivity contribution is 0.667. The van der Waals surface area contributed by atoms with Gasteiger partial charge >= 0.3 is 0 Å². The molecule has 2 heterocycles. The van der Waals surface area contributed by atoms with E-state index in [1.54, 1.807) is 11.3 Å². The second-order valence-corrected chi connectivity index (χ2v) is 6.12. The van der Waals surface area contributed by atoms with E-state index in [2.05, 4.69) is 22.4 Å². The smallest absolute Gasteiger partial charge is 0.131 e. The normalized spacial score (nSPS) is 21.0. The predicted molar refractivity (Wildman–Crippen MR) is 66.3 cm³/mol. The second-order valence-electron chi connectivity index (χ2n) is 3.71. The molecule has 1 aromatic rings. The van der Waals surface area contributed by atoms with Gasteiger partial charge < -0.3 is 5.32 Å². The number of thioether (sulfide) groups is 1. The van der Waals surface area contributed by atoms with Crippen molar-refractivity contribution in [3.63, 3.8) is 0 Å². The molecular weight excluding hydrogens is 226 g/mol. The van der Waals surface area contributed by atoms with Crippen molar-refractivity contribution in [2.24, 2.45) is 0 Å². The zero-order valence-corrected chi connectivity index (χ0v) is 10.7. The van der Waals surface area contributed by atoms with Crippen molar-refractivity contribution in [3.05, 3.63) is 10.0 Å². The number of nitrogens with one attached hydrogen (secondary N) is 1. The van der Waals surface area contributed by atoms with Crippen LogP contribution >= 0.6 is 23.1 Å². The maximum Gasteiger partial charge on any atom is 0.131 e. The standard InChI is InChI=1S/C10H17N3S2/c1-2-5-11-7-9-12-13-10(15-9)8-4-3-6-14-8/h8,11H,2-7H2,1H3. The minimum atomic E-state index is 0.627. The third-order valence-electron chi connectivity index (χ3n) is 2.39. The van der Waals surface area contributed by atoms with E-state index in [1.807, 2.05) is 11.8 Å². The molecule has 0 bridgehead atoms. The van der Waals surface area contributed by atoms with Gasteiger partial charge in [0.15, 0.2) is 0 Å². The highest BCUT2D eigenvalue weighted by Crippen LogP contribution is 2.40. The van der Waals surface area contributed by atoms with Crippen LogP contribution in [0, 0.1) is 0 Å². The molecule has 0 saturated carbocycles. The van der Waals surface area contributed by atoms with Gasteiger partial charge in [-0.15, -0.1) is 10.2 Å². The third kappa shape index (κ3) is 3.16. The van der Waals surface area contributed by atoms with E-state index in [0.29, 0.717) is 5.25 Å². The Bertz CT molecular complexity index is 295. The van der Waals surface area contributed by atoms with Crippen LogP contribution in [0.2, 0.25) is 0 Å². The molecule has 0 spiro atoms. The van der Waals surface area contributed by atoms with Crippen LogP contribution < -0.4 is 5.32 Å². The van der Waals surface area contributed by atoms with Gasteiger partial charge in [0.05, 0.1) is 5.25 Å². The largest absolute Gasteiger partial charge is 0.310 e. The molecule has 3 nitrogen and oxygen atoms in total. The topological polar surface area (TPSA) is 37.8 Å². The molecule has 0 radical (unpaired) electrons. The van der Waals surface area contributed by atoms with E-state index >= 15 is 0 Å². The van der Waals surface area contributed by atoms with E-state index in [9.17, 15) is 0 Å². The summed E-state index contributed by atoms with van der Waals surface area (Å²) in [6.45, 7) is 4.11. The van der Waals surface area contributed by atoms with Crippen molar-refractivity contribution < 1.29 is 0 Å². The Morgan fingerprint density at radius 2 is 2.40 bits per heavy atom. The maximum absolute atomic E-state index is 4.28. The molecule has 1 fully saturated rings. The summed E-state index contributed by atoms with van der Waals surface area (Å²) in [6, 6.07) is 0. The number of hydrogen-bond donors (Lipinski definition) is 1. The lowest BCUT2D eigenvalue weighted by atomic mass is 10.3. The zero-order valence-electron chi connectivity index (χ0n) is 9.03.